The quantitative estimate of drug-likeness (QED) is 0.778. The fourth-order valence-electron chi connectivity index (χ4n) is 3.52. The molecule has 0 saturated carbocycles. The second kappa shape index (κ2) is 5.27. The van der Waals surface area contributed by atoms with Crippen molar-refractivity contribution in [2.24, 2.45) is 0 Å². The van der Waals surface area contributed by atoms with Gasteiger partial charge in [0.25, 0.3) is 0 Å². The summed E-state index contributed by atoms with van der Waals surface area (Å²) >= 11 is 0. The van der Waals surface area contributed by atoms with Gasteiger partial charge in [0.15, 0.2) is 0 Å². The molecule has 3 heteroatoms. The summed E-state index contributed by atoms with van der Waals surface area (Å²) in [7, 11) is 0. The van der Waals surface area contributed by atoms with Crippen LogP contribution in [0.25, 0.3) is 10.9 Å². The first-order valence-electron chi connectivity index (χ1n) is 7.80. The van der Waals surface area contributed by atoms with Gasteiger partial charge in [0.1, 0.15) is 5.60 Å². The van der Waals surface area contributed by atoms with Gasteiger partial charge in [0.2, 0.25) is 0 Å². The third-order valence-electron chi connectivity index (χ3n) is 4.67. The van der Waals surface area contributed by atoms with Crippen molar-refractivity contribution in [3.05, 3.63) is 71.9 Å². The average Bonchev–Trinajstić information content (AvgIpc) is 3.13. The Labute approximate surface area is 130 Å². The number of hydrogen-bond acceptors (Lipinski definition) is 2. The van der Waals surface area contributed by atoms with Gasteiger partial charge in [-0.05, 0) is 18.1 Å². The van der Waals surface area contributed by atoms with Crippen molar-refractivity contribution in [1.29, 1.82) is 0 Å². The van der Waals surface area contributed by atoms with E-state index >= 15 is 0 Å². The Balaban J connectivity index is 1.58. The van der Waals surface area contributed by atoms with Crippen LogP contribution in [0.5, 0.6) is 0 Å². The molecule has 0 radical (unpaired) electrons. The zero-order valence-corrected chi connectivity index (χ0v) is 12.5. The van der Waals surface area contributed by atoms with Crippen molar-refractivity contribution >= 4 is 10.9 Å². The van der Waals surface area contributed by atoms with Crippen LogP contribution in [0, 0.1) is 0 Å². The van der Waals surface area contributed by atoms with Crippen LogP contribution in [0.15, 0.2) is 60.8 Å². The van der Waals surface area contributed by atoms with Crippen LogP contribution in [-0.2, 0) is 12.1 Å². The van der Waals surface area contributed by atoms with Crippen LogP contribution in [-0.4, -0.2) is 28.1 Å². The average molecular weight is 292 g/mol. The van der Waals surface area contributed by atoms with Crippen LogP contribution in [0.2, 0.25) is 0 Å². The molecule has 3 nitrogen and oxygen atoms in total. The van der Waals surface area contributed by atoms with Crippen molar-refractivity contribution in [3.63, 3.8) is 0 Å². The van der Waals surface area contributed by atoms with Crippen LogP contribution in [0.1, 0.15) is 17.5 Å². The SMILES string of the molecule is OC1(c2c[nH]c3ccccc23)CCN(Cc2ccccc2)C1. The lowest BCUT2D eigenvalue weighted by Crippen LogP contribution is -2.30. The van der Waals surface area contributed by atoms with Gasteiger partial charge in [-0.2, -0.15) is 0 Å². The summed E-state index contributed by atoms with van der Waals surface area (Å²) in [6.07, 6.45) is 2.75. The number of β-amino-alcohol motifs (C(OH)–C–C–N with tert-alkyl or cyclic N) is 1. The zero-order valence-electron chi connectivity index (χ0n) is 12.5. The molecule has 2 heterocycles. The standard InChI is InChI=1S/C19H20N2O/c22-19(17-12-20-18-9-5-4-8-16(17)18)10-11-21(14-19)13-15-6-2-1-3-7-15/h1-9,12,20,22H,10-11,13-14H2. The summed E-state index contributed by atoms with van der Waals surface area (Å²) < 4.78 is 0. The maximum atomic E-state index is 11.1. The van der Waals surface area contributed by atoms with E-state index in [2.05, 4.69) is 46.3 Å². The van der Waals surface area contributed by atoms with Gasteiger partial charge in [-0.25, -0.2) is 0 Å². The molecule has 4 rings (SSSR count). The Bertz CT molecular complexity index is 780. The number of aliphatic hydroxyl groups is 1. The number of aromatic amines is 1. The van der Waals surface area contributed by atoms with Crippen LogP contribution >= 0.6 is 0 Å². The molecule has 0 amide bonds. The Morgan fingerprint density at radius 3 is 2.68 bits per heavy atom. The van der Waals surface area contributed by atoms with Crippen molar-refractivity contribution in [2.75, 3.05) is 13.1 Å². The molecule has 0 spiro atoms. The molecule has 1 aromatic heterocycles. The van der Waals surface area contributed by atoms with E-state index in [9.17, 15) is 5.11 Å². The largest absolute Gasteiger partial charge is 0.384 e. The minimum atomic E-state index is -0.756. The van der Waals surface area contributed by atoms with Gasteiger partial charge < -0.3 is 10.1 Å². The summed E-state index contributed by atoms with van der Waals surface area (Å²) in [5, 5.41) is 12.3. The number of nitrogens with one attached hydrogen (secondary N) is 1. The summed E-state index contributed by atoms with van der Waals surface area (Å²) in [4.78, 5) is 5.61. The predicted molar refractivity (Wildman–Crippen MR) is 88.5 cm³/mol. The predicted octanol–water partition coefficient (Wildman–Crippen LogP) is 3.26. The summed E-state index contributed by atoms with van der Waals surface area (Å²) in [6.45, 7) is 2.50. The molecule has 1 saturated heterocycles. The van der Waals surface area contributed by atoms with E-state index in [4.69, 9.17) is 0 Å². The monoisotopic (exact) mass is 292 g/mol. The molecule has 1 aliphatic heterocycles. The van der Waals surface area contributed by atoms with Crippen molar-refractivity contribution in [1.82, 2.24) is 9.88 Å². The molecule has 112 valence electrons. The molecule has 2 N–H and O–H groups in total. The fraction of sp³-hybridized carbons (Fsp3) is 0.263. The number of nitrogens with zero attached hydrogens (tertiary/aromatic N) is 1. The number of likely N-dealkylation sites (tertiary alicyclic amines) is 1. The molecule has 0 aliphatic carbocycles. The maximum Gasteiger partial charge on any atom is 0.106 e. The van der Waals surface area contributed by atoms with Gasteiger partial charge in [-0.1, -0.05) is 48.5 Å². The van der Waals surface area contributed by atoms with Gasteiger partial charge in [-0.3, -0.25) is 4.90 Å². The zero-order chi connectivity index (χ0) is 15.0. The number of benzene rings is 2. The molecule has 1 fully saturated rings. The van der Waals surface area contributed by atoms with Gasteiger partial charge in [0, 0.05) is 42.3 Å². The minimum Gasteiger partial charge on any atom is -0.384 e. The summed E-state index contributed by atoms with van der Waals surface area (Å²) in [6, 6.07) is 18.6. The first-order chi connectivity index (χ1) is 10.7. The second-order valence-corrected chi connectivity index (χ2v) is 6.23. The molecular weight excluding hydrogens is 272 g/mol. The van der Waals surface area contributed by atoms with E-state index in [1.54, 1.807) is 0 Å². The molecule has 22 heavy (non-hydrogen) atoms. The lowest BCUT2D eigenvalue weighted by Gasteiger charge is -2.23. The number of para-hydroxylation sites is 1. The Morgan fingerprint density at radius 1 is 1.05 bits per heavy atom. The van der Waals surface area contributed by atoms with Crippen LogP contribution in [0.4, 0.5) is 0 Å². The van der Waals surface area contributed by atoms with E-state index in [0.29, 0.717) is 6.54 Å². The highest BCUT2D eigenvalue weighted by atomic mass is 16.3. The van der Waals surface area contributed by atoms with Crippen LogP contribution < -0.4 is 0 Å². The normalized spacial score (nSPS) is 22.4. The highest BCUT2D eigenvalue weighted by molar-refractivity contribution is 5.84. The third kappa shape index (κ3) is 2.32. The minimum absolute atomic E-state index is 0.684. The van der Waals surface area contributed by atoms with E-state index in [1.807, 2.05) is 24.4 Å². The van der Waals surface area contributed by atoms with E-state index in [-0.39, 0.29) is 0 Å². The second-order valence-electron chi connectivity index (χ2n) is 6.23. The molecule has 2 aromatic carbocycles. The lowest BCUT2D eigenvalue weighted by atomic mass is 9.93. The lowest BCUT2D eigenvalue weighted by molar-refractivity contribution is 0.0468. The van der Waals surface area contributed by atoms with Gasteiger partial charge >= 0.3 is 0 Å². The van der Waals surface area contributed by atoms with Gasteiger partial charge in [-0.15, -0.1) is 0 Å². The molecule has 1 unspecified atom stereocenters. The number of aromatic nitrogens is 1. The number of rotatable bonds is 3. The Hall–Kier alpha value is -2.10. The fourth-order valence-corrected chi connectivity index (χ4v) is 3.52. The number of H-pyrrole nitrogens is 1. The van der Waals surface area contributed by atoms with E-state index in [1.165, 1.54) is 5.56 Å². The topological polar surface area (TPSA) is 39.3 Å². The van der Waals surface area contributed by atoms with Crippen molar-refractivity contribution in [3.8, 4) is 0 Å². The van der Waals surface area contributed by atoms with E-state index in [0.717, 1.165) is 36.0 Å². The number of fused-ring (bicyclic) bond motifs is 1. The molecule has 1 atom stereocenters. The first-order valence-corrected chi connectivity index (χ1v) is 7.80. The molecular formula is C19H20N2O. The highest BCUT2D eigenvalue weighted by Crippen LogP contribution is 2.36. The Morgan fingerprint density at radius 2 is 1.82 bits per heavy atom. The maximum absolute atomic E-state index is 11.1. The van der Waals surface area contributed by atoms with Gasteiger partial charge in [0.05, 0.1) is 0 Å². The van der Waals surface area contributed by atoms with Crippen molar-refractivity contribution < 1.29 is 5.11 Å². The van der Waals surface area contributed by atoms with E-state index < -0.39 is 5.60 Å². The summed E-state index contributed by atoms with van der Waals surface area (Å²) in [5.41, 5.74) is 2.66. The molecule has 3 aromatic rings. The molecule has 0 bridgehead atoms. The highest BCUT2D eigenvalue weighted by Gasteiger charge is 2.39. The third-order valence-corrected chi connectivity index (χ3v) is 4.67. The smallest absolute Gasteiger partial charge is 0.106 e. The summed E-state index contributed by atoms with van der Waals surface area (Å²) in [5.74, 6) is 0. The first kappa shape index (κ1) is 13.6. The van der Waals surface area contributed by atoms with Crippen molar-refractivity contribution in [2.45, 2.75) is 18.6 Å². The Kier molecular flexibility index (Phi) is 3.25. The molecule has 1 aliphatic rings. The number of hydrogen-bond donors (Lipinski definition) is 2. The van der Waals surface area contributed by atoms with Crippen LogP contribution in [0.3, 0.4) is 0 Å².